The molecule has 3 heteroatoms. The molecule has 0 radical (unpaired) electrons. The van der Waals surface area contributed by atoms with Gasteiger partial charge in [0.1, 0.15) is 0 Å². The van der Waals surface area contributed by atoms with Gasteiger partial charge in [-0.2, -0.15) is 0 Å². The van der Waals surface area contributed by atoms with Crippen LogP contribution < -0.4 is 4.90 Å². The summed E-state index contributed by atoms with van der Waals surface area (Å²) in [7, 11) is 0. The Hall–Kier alpha value is -1.77. The quantitative estimate of drug-likeness (QED) is 0.837. The number of benzene rings is 1. The Bertz CT molecular complexity index is 524. The summed E-state index contributed by atoms with van der Waals surface area (Å²) in [5.74, 6) is 1.16. The molecule has 0 bridgehead atoms. The van der Waals surface area contributed by atoms with Crippen molar-refractivity contribution in [3.63, 3.8) is 0 Å². The van der Waals surface area contributed by atoms with E-state index in [0.29, 0.717) is 0 Å². The molecule has 1 saturated heterocycles. The molecule has 2 aromatic rings. The Morgan fingerprint density at radius 3 is 2.58 bits per heavy atom. The summed E-state index contributed by atoms with van der Waals surface area (Å²) in [4.78, 5) is 7.01. The lowest BCUT2D eigenvalue weighted by Crippen LogP contribution is -2.23. The van der Waals surface area contributed by atoms with Crippen molar-refractivity contribution in [2.75, 3.05) is 18.0 Å². The fraction of sp³-hybridized carbons (Fsp3) is 0.438. The molecule has 1 aliphatic heterocycles. The second-order valence-electron chi connectivity index (χ2n) is 5.28. The molecule has 100 valence electrons. The molecule has 1 aliphatic rings. The number of aryl methyl sites for hydroxylation is 2. The fourth-order valence-corrected chi connectivity index (χ4v) is 2.78. The molecule has 0 saturated carbocycles. The van der Waals surface area contributed by atoms with E-state index < -0.39 is 0 Å². The van der Waals surface area contributed by atoms with Crippen molar-refractivity contribution < 1.29 is 0 Å². The molecule has 2 heterocycles. The first-order valence-electron chi connectivity index (χ1n) is 7.15. The van der Waals surface area contributed by atoms with Crippen LogP contribution in [0.5, 0.6) is 0 Å². The largest absolute Gasteiger partial charge is 0.342 e. The predicted molar refractivity (Wildman–Crippen MR) is 78.6 cm³/mol. The van der Waals surface area contributed by atoms with Gasteiger partial charge in [-0.15, -0.1) is 0 Å². The van der Waals surface area contributed by atoms with Crippen LogP contribution >= 0.6 is 0 Å². The first kappa shape index (κ1) is 12.3. The highest BCUT2D eigenvalue weighted by Crippen LogP contribution is 2.20. The number of imidazole rings is 1. The lowest BCUT2D eigenvalue weighted by Gasteiger charge is -2.19. The van der Waals surface area contributed by atoms with Gasteiger partial charge in [-0.3, -0.25) is 0 Å². The number of hydrogen-bond acceptors (Lipinski definition) is 2. The van der Waals surface area contributed by atoms with E-state index in [-0.39, 0.29) is 0 Å². The average molecular weight is 255 g/mol. The van der Waals surface area contributed by atoms with E-state index in [2.05, 4.69) is 51.7 Å². The van der Waals surface area contributed by atoms with Gasteiger partial charge in [0.05, 0.1) is 6.20 Å². The normalized spacial score (nSPS) is 15.1. The molecule has 0 spiro atoms. The van der Waals surface area contributed by atoms with Gasteiger partial charge in [-0.1, -0.05) is 30.3 Å². The Labute approximate surface area is 114 Å². The van der Waals surface area contributed by atoms with Gasteiger partial charge in [0, 0.05) is 25.3 Å². The highest BCUT2D eigenvalue weighted by molar-refractivity contribution is 5.35. The molecule has 0 aliphatic carbocycles. The van der Waals surface area contributed by atoms with Gasteiger partial charge in [-0.25, -0.2) is 4.98 Å². The molecular formula is C16H21N3. The molecule has 0 atom stereocenters. The fourth-order valence-electron chi connectivity index (χ4n) is 2.78. The number of aromatic nitrogens is 2. The molecule has 3 rings (SSSR count). The summed E-state index contributed by atoms with van der Waals surface area (Å²) in [6.45, 7) is 5.48. The van der Waals surface area contributed by atoms with Crippen molar-refractivity contribution in [3.8, 4) is 0 Å². The summed E-state index contributed by atoms with van der Waals surface area (Å²) < 4.78 is 2.36. The molecule has 1 aromatic carbocycles. The SMILES string of the molecule is Cc1cnc(N2CCCC2)n1CCc1ccccc1. The van der Waals surface area contributed by atoms with Crippen molar-refractivity contribution in [2.24, 2.45) is 0 Å². The van der Waals surface area contributed by atoms with Crippen LogP contribution in [0.25, 0.3) is 0 Å². The Kier molecular flexibility index (Phi) is 3.53. The first-order valence-corrected chi connectivity index (χ1v) is 7.15. The summed E-state index contributed by atoms with van der Waals surface area (Å²) in [5.41, 5.74) is 2.65. The minimum Gasteiger partial charge on any atom is -0.342 e. The second-order valence-corrected chi connectivity index (χ2v) is 5.28. The summed E-state index contributed by atoms with van der Waals surface area (Å²) in [5, 5.41) is 0. The van der Waals surface area contributed by atoms with Crippen LogP contribution in [0.3, 0.4) is 0 Å². The Morgan fingerprint density at radius 1 is 1.11 bits per heavy atom. The molecular weight excluding hydrogens is 234 g/mol. The zero-order valence-corrected chi connectivity index (χ0v) is 11.5. The Morgan fingerprint density at radius 2 is 1.84 bits per heavy atom. The van der Waals surface area contributed by atoms with Gasteiger partial charge >= 0.3 is 0 Å². The van der Waals surface area contributed by atoms with E-state index in [0.717, 1.165) is 32.0 Å². The van der Waals surface area contributed by atoms with Crippen molar-refractivity contribution in [1.29, 1.82) is 0 Å². The summed E-state index contributed by atoms with van der Waals surface area (Å²) in [6.07, 6.45) is 5.66. The molecule has 0 amide bonds. The van der Waals surface area contributed by atoms with Crippen LogP contribution in [-0.2, 0) is 13.0 Å². The lowest BCUT2D eigenvalue weighted by molar-refractivity contribution is 0.664. The molecule has 1 fully saturated rings. The van der Waals surface area contributed by atoms with Gasteiger partial charge in [0.2, 0.25) is 5.95 Å². The van der Waals surface area contributed by atoms with Crippen LogP contribution in [0.1, 0.15) is 24.1 Å². The maximum absolute atomic E-state index is 4.60. The van der Waals surface area contributed by atoms with Gasteiger partial charge < -0.3 is 9.47 Å². The van der Waals surface area contributed by atoms with E-state index in [1.165, 1.54) is 24.1 Å². The van der Waals surface area contributed by atoms with E-state index in [4.69, 9.17) is 0 Å². The molecule has 1 aromatic heterocycles. The third kappa shape index (κ3) is 2.65. The zero-order chi connectivity index (χ0) is 13.1. The van der Waals surface area contributed by atoms with Crippen LogP contribution in [0, 0.1) is 6.92 Å². The number of anilines is 1. The highest BCUT2D eigenvalue weighted by atomic mass is 15.3. The van der Waals surface area contributed by atoms with Crippen LogP contribution in [0.15, 0.2) is 36.5 Å². The Balaban J connectivity index is 1.75. The monoisotopic (exact) mass is 255 g/mol. The first-order chi connectivity index (χ1) is 9.34. The van der Waals surface area contributed by atoms with E-state index >= 15 is 0 Å². The maximum atomic E-state index is 4.60. The predicted octanol–water partition coefficient (Wildman–Crippen LogP) is 3.03. The molecule has 0 N–H and O–H groups in total. The summed E-state index contributed by atoms with van der Waals surface area (Å²) >= 11 is 0. The average Bonchev–Trinajstić information content (AvgIpc) is 3.07. The molecule has 19 heavy (non-hydrogen) atoms. The molecule has 3 nitrogen and oxygen atoms in total. The van der Waals surface area contributed by atoms with Gasteiger partial charge in [0.25, 0.3) is 0 Å². The maximum Gasteiger partial charge on any atom is 0.205 e. The van der Waals surface area contributed by atoms with Crippen LogP contribution in [0.4, 0.5) is 5.95 Å². The number of rotatable bonds is 4. The third-order valence-electron chi connectivity index (χ3n) is 3.89. The minimum atomic E-state index is 1.02. The molecule has 0 unspecified atom stereocenters. The third-order valence-corrected chi connectivity index (χ3v) is 3.89. The van der Waals surface area contributed by atoms with Crippen LogP contribution in [0.2, 0.25) is 0 Å². The standard InChI is InChI=1S/C16H21N3/c1-14-13-17-16(18-10-5-6-11-18)19(14)12-9-15-7-3-2-4-8-15/h2-4,7-8,13H,5-6,9-12H2,1H3. The van der Waals surface area contributed by atoms with E-state index in [1.54, 1.807) is 0 Å². The van der Waals surface area contributed by atoms with Gasteiger partial charge in [0.15, 0.2) is 0 Å². The minimum absolute atomic E-state index is 1.02. The summed E-state index contributed by atoms with van der Waals surface area (Å²) in [6, 6.07) is 10.7. The van der Waals surface area contributed by atoms with Crippen LogP contribution in [-0.4, -0.2) is 22.6 Å². The smallest absolute Gasteiger partial charge is 0.205 e. The van der Waals surface area contributed by atoms with E-state index in [1.807, 2.05) is 6.20 Å². The van der Waals surface area contributed by atoms with Crippen molar-refractivity contribution in [1.82, 2.24) is 9.55 Å². The zero-order valence-electron chi connectivity index (χ0n) is 11.5. The topological polar surface area (TPSA) is 21.1 Å². The second kappa shape index (κ2) is 5.47. The number of nitrogens with zero attached hydrogens (tertiary/aromatic N) is 3. The van der Waals surface area contributed by atoms with Gasteiger partial charge in [-0.05, 0) is 31.7 Å². The van der Waals surface area contributed by atoms with Crippen molar-refractivity contribution in [3.05, 3.63) is 47.8 Å². The van der Waals surface area contributed by atoms with Crippen molar-refractivity contribution in [2.45, 2.75) is 32.7 Å². The lowest BCUT2D eigenvalue weighted by atomic mass is 10.1. The van der Waals surface area contributed by atoms with E-state index in [9.17, 15) is 0 Å². The van der Waals surface area contributed by atoms with Crippen molar-refractivity contribution >= 4 is 5.95 Å². The highest BCUT2D eigenvalue weighted by Gasteiger charge is 2.18. The number of hydrogen-bond donors (Lipinski definition) is 0.